The molecule has 32 heavy (non-hydrogen) atoms. The monoisotopic (exact) mass is 473 g/mol. The van der Waals surface area contributed by atoms with Gasteiger partial charge in [0, 0.05) is 56.1 Å². The highest BCUT2D eigenvalue weighted by molar-refractivity contribution is 7.17. The molecule has 3 aromatic rings. The lowest BCUT2D eigenvalue weighted by Gasteiger charge is -2.34. The van der Waals surface area contributed by atoms with Crippen LogP contribution in [0.5, 0.6) is 0 Å². The average molecular weight is 474 g/mol. The molecule has 0 spiro atoms. The van der Waals surface area contributed by atoms with Gasteiger partial charge in [-0.15, -0.1) is 23.7 Å². The molecular formula is C24H28ClN3O3S. The van der Waals surface area contributed by atoms with Gasteiger partial charge in [-0.25, -0.2) is 0 Å². The maximum absolute atomic E-state index is 10.7. The summed E-state index contributed by atoms with van der Waals surface area (Å²) in [5.41, 5.74) is 2.14. The molecule has 0 bridgehead atoms. The number of non-ortho nitro benzene ring substituents is 1. The number of benzene rings is 2. The molecule has 1 aliphatic heterocycles. The van der Waals surface area contributed by atoms with E-state index in [2.05, 4.69) is 33.4 Å². The van der Waals surface area contributed by atoms with Crippen molar-refractivity contribution in [2.75, 3.05) is 39.3 Å². The average Bonchev–Trinajstić information content (AvgIpc) is 3.23. The fraction of sp³-hybridized carbons (Fsp3) is 0.333. The van der Waals surface area contributed by atoms with Crippen LogP contribution in [0.4, 0.5) is 5.69 Å². The molecule has 1 aromatic heterocycles. The minimum absolute atomic E-state index is 0. The van der Waals surface area contributed by atoms with Gasteiger partial charge in [0.2, 0.25) is 0 Å². The number of fused-ring (bicyclic) bond motifs is 1. The third-order valence-electron chi connectivity index (χ3n) is 5.83. The largest absolute Gasteiger partial charge is 0.388 e. The number of piperazine rings is 1. The van der Waals surface area contributed by atoms with Crippen LogP contribution < -0.4 is 0 Å². The number of hydrogen-bond acceptors (Lipinski definition) is 6. The lowest BCUT2D eigenvalue weighted by atomic mass is 10.1. The summed E-state index contributed by atoms with van der Waals surface area (Å²) in [6.45, 7) is 5.78. The summed E-state index contributed by atoms with van der Waals surface area (Å²) in [6, 6.07) is 14.9. The van der Waals surface area contributed by atoms with Crippen LogP contribution in [0.25, 0.3) is 16.2 Å². The first kappa shape index (κ1) is 24.4. The zero-order chi connectivity index (χ0) is 21.6. The van der Waals surface area contributed by atoms with Gasteiger partial charge in [-0.1, -0.05) is 30.4 Å². The molecule has 0 aliphatic carbocycles. The fourth-order valence-corrected chi connectivity index (χ4v) is 4.97. The standard InChI is InChI=1S/C24H27N3O3S.ClH/c28-23(22-18-31-24-6-2-1-5-21(22)24)11-13-26-16-14-25(15-17-26)12-3-4-19-7-9-20(10-8-19)27(29)30;/h1-10,18,23,28H,11-17H2;1H. The Labute approximate surface area is 198 Å². The van der Waals surface area contributed by atoms with Crippen molar-refractivity contribution in [1.29, 1.82) is 0 Å². The van der Waals surface area contributed by atoms with E-state index >= 15 is 0 Å². The van der Waals surface area contributed by atoms with Gasteiger partial charge < -0.3 is 10.0 Å². The number of rotatable bonds is 8. The predicted octanol–water partition coefficient (Wildman–Crippen LogP) is 4.99. The number of nitro groups is 1. The van der Waals surface area contributed by atoms with Crippen molar-refractivity contribution in [2.45, 2.75) is 12.5 Å². The Bertz CT molecular complexity index is 1050. The van der Waals surface area contributed by atoms with Crippen LogP contribution in [0.2, 0.25) is 0 Å². The van der Waals surface area contributed by atoms with Gasteiger partial charge in [-0.2, -0.15) is 0 Å². The molecular weight excluding hydrogens is 446 g/mol. The van der Waals surface area contributed by atoms with Gasteiger partial charge in [0.15, 0.2) is 0 Å². The Balaban J connectivity index is 0.00000289. The predicted molar refractivity (Wildman–Crippen MR) is 134 cm³/mol. The van der Waals surface area contributed by atoms with Crippen molar-refractivity contribution in [2.24, 2.45) is 0 Å². The smallest absolute Gasteiger partial charge is 0.269 e. The second-order valence-electron chi connectivity index (χ2n) is 7.88. The number of hydrogen-bond donors (Lipinski definition) is 1. The SMILES string of the molecule is Cl.O=[N+]([O-])c1ccc(C=CCN2CCN(CCC(O)c3csc4ccccc34)CC2)cc1. The van der Waals surface area contributed by atoms with Gasteiger partial charge in [0.05, 0.1) is 11.0 Å². The molecule has 2 aromatic carbocycles. The summed E-state index contributed by atoms with van der Waals surface area (Å²) in [7, 11) is 0. The number of thiophene rings is 1. The Hall–Kier alpha value is -2.29. The zero-order valence-electron chi connectivity index (χ0n) is 17.8. The van der Waals surface area contributed by atoms with Gasteiger partial charge in [-0.05, 0) is 46.5 Å². The van der Waals surface area contributed by atoms with Crippen LogP contribution in [-0.4, -0.2) is 59.1 Å². The fourth-order valence-electron chi connectivity index (χ4n) is 3.96. The van der Waals surface area contributed by atoms with Crippen molar-refractivity contribution in [3.05, 3.63) is 81.2 Å². The van der Waals surface area contributed by atoms with Crippen LogP contribution in [-0.2, 0) is 0 Å². The van der Waals surface area contributed by atoms with Crippen LogP contribution in [0.1, 0.15) is 23.7 Å². The van der Waals surface area contributed by atoms with E-state index in [0.29, 0.717) is 0 Å². The van der Waals surface area contributed by atoms with E-state index in [1.807, 2.05) is 18.2 Å². The third-order valence-corrected chi connectivity index (χ3v) is 6.81. The quantitative estimate of drug-likeness (QED) is 0.369. The second kappa shape index (κ2) is 11.5. The third kappa shape index (κ3) is 6.15. The summed E-state index contributed by atoms with van der Waals surface area (Å²) < 4.78 is 1.23. The first-order valence-corrected chi connectivity index (χ1v) is 11.5. The first-order chi connectivity index (χ1) is 15.1. The highest BCUT2D eigenvalue weighted by atomic mass is 35.5. The van der Waals surface area contributed by atoms with Crippen molar-refractivity contribution < 1.29 is 10.0 Å². The number of aliphatic hydroxyl groups excluding tert-OH is 1. The normalized spacial score (nSPS) is 16.3. The molecule has 1 fully saturated rings. The summed E-state index contributed by atoms with van der Waals surface area (Å²) >= 11 is 1.70. The molecule has 0 saturated carbocycles. The number of nitrogens with zero attached hydrogens (tertiary/aromatic N) is 3. The van der Waals surface area contributed by atoms with Crippen molar-refractivity contribution in [3.8, 4) is 0 Å². The maximum atomic E-state index is 10.7. The lowest BCUT2D eigenvalue weighted by Crippen LogP contribution is -2.46. The van der Waals surface area contributed by atoms with E-state index in [-0.39, 0.29) is 23.0 Å². The van der Waals surface area contributed by atoms with Crippen LogP contribution in [0, 0.1) is 10.1 Å². The summed E-state index contributed by atoms with van der Waals surface area (Å²) in [5.74, 6) is 0. The van der Waals surface area contributed by atoms with Crippen molar-refractivity contribution >= 4 is 45.6 Å². The van der Waals surface area contributed by atoms with Gasteiger partial charge in [0.25, 0.3) is 5.69 Å². The Kier molecular flexibility index (Phi) is 8.78. The molecule has 8 heteroatoms. The maximum Gasteiger partial charge on any atom is 0.269 e. The Morgan fingerprint density at radius 3 is 2.47 bits per heavy atom. The highest BCUT2D eigenvalue weighted by Crippen LogP contribution is 2.31. The van der Waals surface area contributed by atoms with Gasteiger partial charge in [0.1, 0.15) is 0 Å². The molecule has 0 amide bonds. The molecule has 0 radical (unpaired) electrons. The first-order valence-electron chi connectivity index (χ1n) is 10.6. The summed E-state index contributed by atoms with van der Waals surface area (Å²) in [4.78, 5) is 15.2. The minimum Gasteiger partial charge on any atom is -0.388 e. The van der Waals surface area contributed by atoms with Gasteiger partial charge >= 0.3 is 0 Å². The number of halogens is 1. The van der Waals surface area contributed by atoms with Crippen LogP contribution in [0.15, 0.2) is 60.0 Å². The molecule has 1 saturated heterocycles. The topological polar surface area (TPSA) is 69.9 Å². The highest BCUT2D eigenvalue weighted by Gasteiger charge is 2.18. The van der Waals surface area contributed by atoms with Crippen molar-refractivity contribution in [1.82, 2.24) is 9.80 Å². The number of aliphatic hydroxyl groups is 1. The van der Waals surface area contributed by atoms with E-state index in [1.165, 1.54) is 22.2 Å². The summed E-state index contributed by atoms with van der Waals surface area (Å²) in [6.07, 6.45) is 4.46. The van der Waals surface area contributed by atoms with Gasteiger partial charge in [-0.3, -0.25) is 15.0 Å². The molecule has 1 unspecified atom stereocenters. The number of nitro benzene ring substituents is 1. The Morgan fingerprint density at radius 1 is 1.06 bits per heavy atom. The molecule has 170 valence electrons. The molecule has 1 N–H and O–H groups in total. The lowest BCUT2D eigenvalue weighted by molar-refractivity contribution is -0.384. The Morgan fingerprint density at radius 2 is 1.75 bits per heavy atom. The zero-order valence-corrected chi connectivity index (χ0v) is 19.4. The van der Waals surface area contributed by atoms with Crippen LogP contribution >= 0.6 is 23.7 Å². The van der Waals surface area contributed by atoms with E-state index in [9.17, 15) is 15.2 Å². The molecule has 4 rings (SSSR count). The second-order valence-corrected chi connectivity index (χ2v) is 8.80. The molecule has 1 atom stereocenters. The van der Waals surface area contributed by atoms with E-state index < -0.39 is 6.10 Å². The van der Waals surface area contributed by atoms with E-state index in [1.54, 1.807) is 23.5 Å². The van der Waals surface area contributed by atoms with Crippen molar-refractivity contribution in [3.63, 3.8) is 0 Å². The van der Waals surface area contributed by atoms with E-state index in [0.717, 1.165) is 56.8 Å². The minimum atomic E-state index is -0.418. The van der Waals surface area contributed by atoms with Crippen LogP contribution in [0.3, 0.4) is 0 Å². The molecule has 6 nitrogen and oxygen atoms in total. The molecule has 2 heterocycles. The van der Waals surface area contributed by atoms with E-state index in [4.69, 9.17) is 0 Å². The summed E-state index contributed by atoms with van der Waals surface area (Å²) in [5, 5.41) is 24.7. The molecule has 1 aliphatic rings.